The Morgan fingerprint density at radius 3 is 2.85 bits per heavy atom. The average Bonchev–Trinajstić information content (AvgIpc) is 3.11. The summed E-state index contributed by atoms with van der Waals surface area (Å²) in [5.74, 6) is -0.0415. The van der Waals surface area contributed by atoms with Crippen LogP contribution in [0, 0.1) is 11.3 Å². The quantitative estimate of drug-likeness (QED) is 0.868. The highest BCUT2D eigenvalue weighted by molar-refractivity contribution is 5.94. The zero-order valence-corrected chi connectivity index (χ0v) is 15.5. The summed E-state index contributed by atoms with van der Waals surface area (Å²) in [6, 6.07) is 3.92. The first kappa shape index (κ1) is 17.5. The standard InChI is InChI=1S/C19H22N6O2/c1-12-9-15-17(13(2)27-12)22-23-18(15)19(26)25-7-5-24(6-8-25)16-11-21-4-3-14(16)10-20/h3-4,11-13H,5-9H2,1-2H3,(H,22,23)/t12-,13+/m1/s1. The predicted octanol–water partition coefficient (Wildman–Crippen LogP) is 1.66. The summed E-state index contributed by atoms with van der Waals surface area (Å²) in [4.78, 5) is 21.1. The fourth-order valence-corrected chi connectivity index (χ4v) is 3.88. The Bertz CT molecular complexity index is 894. The van der Waals surface area contributed by atoms with Crippen LogP contribution in [0.3, 0.4) is 0 Å². The van der Waals surface area contributed by atoms with E-state index in [-0.39, 0.29) is 18.1 Å². The second kappa shape index (κ2) is 7.00. The number of anilines is 1. The summed E-state index contributed by atoms with van der Waals surface area (Å²) in [7, 11) is 0. The number of nitrogens with one attached hydrogen (secondary N) is 1. The van der Waals surface area contributed by atoms with Gasteiger partial charge < -0.3 is 14.5 Å². The highest BCUT2D eigenvalue weighted by Gasteiger charge is 2.32. The van der Waals surface area contributed by atoms with Crippen LogP contribution in [-0.2, 0) is 11.2 Å². The number of ether oxygens (including phenoxy) is 1. The summed E-state index contributed by atoms with van der Waals surface area (Å²) >= 11 is 0. The highest BCUT2D eigenvalue weighted by atomic mass is 16.5. The molecule has 0 aromatic carbocycles. The molecule has 0 saturated carbocycles. The van der Waals surface area contributed by atoms with Crippen molar-refractivity contribution in [1.82, 2.24) is 20.1 Å². The molecule has 27 heavy (non-hydrogen) atoms. The predicted molar refractivity (Wildman–Crippen MR) is 98.3 cm³/mol. The van der Waals surface area contributed by atoms with Gasteiger partial charge in [-0.05, 0) is 19.9 Å². The number of hydrogen-bond acceptors (Lipinski definition) is 6. The molecule has 2 aliphatic heterocycles. The Labute approximate surface area is 157 Å². The fourth-order valence-electron chi connectivity index (χ4n) is 3.88. The van der Waals surface area contributed by atoms with Crippen LogP contribution in [0.5, 0.6) is 0 Å². The molecule has 1 N–H and O–H groups in total. The van der Waals surface area contributed by atoms with Crippen molar-refractivity contribution in [2.45, 2.75) is 32.5 Å². The van der Waals surface area contributed by atoms with Crippen LogP contribution in [-0.4, -0.2) is 58.3 Å². The van der Waals surface area contributed by atoms with Crippen molar-refractivity contribution in [2.75, 3.05) is 31.1 Å². The van der Waals surface area contributed by atoms with Crippen LogP contribution in [0.25, 0.3) is 0 Å². The number of pyridine rings is 1. The second-order valence-corrected chi connectivity index (χ2v) is 7.04. The molecule has 4 heterocycles. The van der Waals surface area contributed by atoms with Crippen molar-refractivity contribution in [1.29, 1.82) is 5.26 Å². The molecule has 140 valence electrons. The number of H-pyrrole nitrogens is 1. The van der Waals surface area contributed by atoms with Gasteiger partial charge in [0, 0.05) is 44.4 Å². The number of carbonyl (C=O) groups excluding carboxylic acids is 1. The van der Waals surface area contributed by atoms with E-state index < -0.39 is 0 Å². The van der Waals surface area contributed by atoms with E-state index in [2.05, 4.69) is 26.2 Å². The van der Waals surface area contributed by atoms with Gasteiger partial charge in [0.15, 0.2) is 5.69 Å². The molecule has 0 radical (unpaired) electrons. The molecule has 1 amide bonds. The van der Waals surface area contributed by atoms with Crippen molar-refractivity contribution >= 4 is 11.6 Å². The maximum Gasteiger partial charge on any atom is 0.274 e. The number of hydrogen-bond donors (Lipinski definition) is 1. The normalized spacial score (nSPS) is 22.3. The molecule has 4 rings (SSSR count). The highest BCUT2D eigenvalue weighted by Crippen LogP contribution is 2.31. The van der Waals surface area contributed by atoms with Gasteiger partial charge in [0.1, 0.15) is 6.07 Å². The molecule has 2 aromatic heterocycles. The summed E-state index contributed by atoms with van der Waals surface area (Å²) in [6.07, 6.45) is 4.02. The zero-order valence-electron chi connectivity index (χ0n) is 15.5. The van der Waals surface area contributed by atoms with Crippen LogP contribution in [0.2, 0.25) is 0 Å². The van der Waals surface area contributed by atoms with E-state index in [4.69, 9.17) is 4.74 Å². The van der Waals surface area contributed by atoms with Crippen LogP contribution in [0.15, 0.2) is 18.5 Å². The lowest BCUT2D eigenvalue weighted by molar-refractivity contribution is -0.00702. The van der Waals surface area contributed by atoms with E-state index in [0.717, 1.165) is 16.9 Å². The van der Waals surface area contributed by atoms with Crippen molar-refractivity contribution in [3.63, 3.8) is 0 Å². The van der Waals surface area contributed by atoms with Gasteiger partial charge in [-0.1, -0.05) is 0 Å². The second-order valence-electron chi connectivity index (χ2n) is 7.04. The van der Waals surface area contributed by atoms with E-state index in [1.54, 1.807) is 18.5 Å². The summed E-state index contributed by atoms with van der Waals surface area (Å²) in [5.41, 5.74) is 3.83. The molecule has 0 unspecified atom stereocenters. The molecule has 2 atom stereocenters. The molecule has 1 fully saturated rings. The minimum atomic E-state index is -0.0790. The van der Waals surface area contributed by atoms with Gasteiger partial charge in [-0.2, -0.15) is 10.4 Å². The number of nitrogens with zero attached hydrogens (tertiary/aromatic N) is 5. The number of aromatic nitrogens is 3. The van der Waals surface area contributed by atoms with Crippen molar-refractivity contribution in [2.24, 2.45) is 0 Å². The van der Waals surface area contributed by atoms with E-state index >= 15 is 0 Å². The molecule has 2 aliphatic rings. The number of piperazine rings is 1. The third kappa shape index (κ3) is 3.15. The number of amides is 1. The van der Waals surface area contributed by atoms with Crippen molar-refractivity contribution in [3.05, 3.63) is 41.0 Å². The Balaban J connectivity index is 1.48. The van der Waals surface area contributed by atoms with Gasteiger partial charge in [-0.25, -0.2) is 0 Å². The summed E-state index contributed by atoms with van der Waals surface area (Å²) in [5, 5.41) is 16.6. The topological polar surface area (TPSA) is 98.1 Å². The molecular formula is C19H22N6O2. The Morgan fingerprint density at radius 2 is 2.11 bits per heavy atom. The largest absolute Gasteiger partial charge is 0.369 e. The van der Waals surface area contributed by atoms with Crippen LogP contribution in [0.4, 0.5) is 5.69 Å². The van der Waals surface area contributed by atoms with Crippen LogP contribution < -0.4 is 4.90 Å². The van der Waals surface area contributed by atoms with Crippen molar-refractivity contribution in [3.8, 4) is 6.07 Å². The van der Waals surface area contributed by atoms with Gasteiger partial charge >= 0.3 is 0 Å². The van der Waals surface area contributed by atoms with Crippen LogP contribution in [0.1, 0.15) is 47.3 Å². The third-order valence-electron chi connectivity index (χ3n) is 5.26. The van der Waals surface area contributed by atoms with E-state index in [1.165, 1.54) is 0 Å². The van der Waals surface area contributed by atoms with Gasteiger partial charge in [-0.3, -0.25) is 14.9 Å². The molecule has 0 aliphatic carbocycles. The first-order chi connectivity index (χ1) is 13.1. The molecular weight excluding hydrogens is 344 g/mol. The first-order valence-corrected chi connectivity index (χ1v) is 9.19. The van der Waals surface area contributed by atoms with E-state index in [1.807, 2.05) is 18.7 Å². The fraction of sp³-hybridized carbons (Fsp3) is 0.474. The SMILES string of the molecule is C[C@@H]1Cc2c(C(=O)N3CCN(c4cnccc4C#N)CC3)n[nH]c2[C@H](C)O1. The smallest absolute Gasteiger partial charge is 0.274 e. The molecule has 1 saturated heterocycles. The van der Waals surface area contributed by atoms with Gasteiger partial charge in [0.05, 0.1) is 35.3 Å². The maximum absolute atomic E-state index is 13.0. The monoisotopic (exact) mass is 366 g/mol. The van der Waals surface area contributed by atoms with E-state index in [9.17, 15) is 10.1 Å². The van der Waals surface area contributed by atoms with E-state index in [0.29, 0.717) is 43.9 Å². The number of aromatic amines is 1. The lowest BCUT2D eigenvalue weighted by Gasteiger charge is -2.36. The zero-order chi connectivity index (χ0) is 19.0. The summed E-state index contributed by atoms with van der Waals surface area (Å²) < 4.78 is 5.80. The lowest BCUT2D eigenvalue weighted by Crippen LogP contribution is -2.49. The van der Waals surface area contributed by atoms with Crippen molar-refractivity contribution < 1.29 is 9.53 Å². The maximum atomic E-state index is 13.0. The van der Waals surface area contributed by atoms with Gasteiger partial charge in [0.25, 0.3) is 5.91 Å². The number of nitriles is 1. The average molecular weight is 366 g/mol. The molecule has 8 heteroatoms. The number of carbonyl (C=O) groups is 1. The first-order valence-electron chi connectivity index (χ1n) is 9.19. The molecule has 2 aromatic rings. The molecule has 0 spiro atoms. The lowest BCUT2D eigenvalue weighted by atomic mass is 9.99. The minimum Gasteiger partial charge on any atom is -0.369 e. The van der Waals surface area contributed by atoms with Gasteiger partial charge in [0.2, 0.25) is 0 Å². The van der Waals surface area contributed by atoms with Crippen LogP contribution >= 0.6 is 0 Å². The Hall–Kier alpha value is -2.92. The molecule has 0 bridgehead atoms. The number of fused-ring (bicyclic) bond motifs is 1. The number of rotatable bonds is 2. The summed E-state index contributed by atoms with van der Waals surface area (Å²) in [6.45, 7) is 6.48. The molecule has 8 nitrogen and oxygen atoms in total. The Kier molecular flexibility index (Phi) is 4.54. The third-order valence-corrected chi connectivity index (χ3v) is 5.26. The minimum absolute atomic E-state index is 0.0415. The van der Waals surface area contributed by atoms with Gasteiger partial charge in [-0.15, -0.1) is 0 Å². The Morgan fingerprint density at radius 1 is 1.33 bits per heavy atom.